The van der Waals surface area contributed by atoms with E-state index in [0.29, 0.717) is 16.1 Å². The number of Topliss-reactive ketones (excluding diaryl/α,β-unsaturated/α-hetero) is 1. The molecule has 2 N–H and O–H groups in total. The number of carbonyl (C=O) groups is 4. The number of nitrogens with one attached hydrogen (secondary N) is 2. The second-order valence-corrected chi connectivity index (χ2v) is 10.2. The molecule has 4 amide bonds. The molecule has 180 valence electrons. The smallest absolute Gasteiger partial charge is 0.318 e. The van der Waals surface area contributed by atoms with Crippen LogP contribution in [0.2, 0.25) is 0 Å². The molecule has 2 aromatic rings. The van der Waals surface area contributed by atoms with Crippen LogP contribution in [-0.4, -0.2) is 55.0 Å². The van der Waals surface area contributed by atoms with Gasteiger partial charge in [-0.15, -0.1) is 0 Å². The number of hydrazine groups is 1. The minimum Gasteiger partial charge on any atom is -0.318 e. The van der Waals surface area contributed by atoms with Crippen molar-refractivity contribution < 1.29 is 27.6 Å². The fourth-order valence-corrected chi connectivity index (χ4v) is 4.72. The minimum absolute atomic E-state index is 0.0315. The third-order valence-electron chi connectivity index (χ3n) is 5.62. The van der Waals surface area contributed by atoms with E-state index in [2.05, 4.69) is 10.7 Å². The number of hydrogen-bond donors (Lipinski definition) is 2. The molecule has 1 fully saturated rings. The van der Waals surface area contributed by atoms with Crippen LogP contribution in [0.5, 0.6) is 0 Å². The molecular weight excluding hydrogens is 460 g/mol. The lowest BCUT2D eigenvalue weighted by molar-refractivity contribution is -0.139. The molecule has 0 spiro atoms. The average molecular weight is 487 g/mol. The zero-order valence-corrected chi connectivity index (χ0v) is 19.9. The molecule has 1 saturated heterocycles. The molecule has 0 saturated carbocycles. The number of ketones is 1. The van der Waals surface area contributed by atoms with Crippen molar-refractivity contribution >= 4 is 33.7 Å². The van der Waals surface area contributed by atoms with E-state index in [1.165, 1.54) is 38.2 Å². The van der Waals surface area contributed by atoms with E-state index in [9.17, 15) is 27.6 Å². The summed E-state index contributed by atoms with van der Waals surface area (Å²) in [6, 6.07) is 13.5. The number of urea groups is 1. The maximum atomic E-state index is 12.8. The summed E-state index contributed by atoms with van der Waals surface area (Å²) in [6.07, 6.45) is 0.0505. The van der Waals surface area contributed by atoms with E-state index in [-0.39, 0.29) is 30.1 Å². The SMILES string of the molecule is CC(=O)c1ccc(S(=O)(=O)N(C)CCCC(=O)NN2C(=O)NC(C)(c3ccccc3)C2=O)cc1. The van der Waals surface area contributed by atoms with Gasteiger partial charge < -0.3 is 5.32 Å². The van der Waals surface area contributed by atoms with E-state index in [4.69, 9.17) is 0 Å². The number of sulfonamides is 1. The maximum Gasteiger partial charge on any atom is 0.344 e. The molecule has 1 heterocycles. The maximum absolute atomic E-state index is 12.8. The molecule has 3 rings (SSSR count). The number of amides is 4. The van der Waals surface area contributed by atoms with Crippen LogP contribution in [0.3, 0.4) is 0 Å². The number of benzene rings is 2. The van der Waals surface area contributed by atoms with Crippen LogP contribution >= 0.6 is 0 Å². The fraction of sp³-hybridized carbons (Fsp3) is 0.304. The predicted molar refractivity (Wildman–Crippen MR) is 123 cm³/mol. The van der Waals surface area contributed by atoms with Crippen LogP contribution in [0.15, 0.2) is 59.5 Å². The Morgan fingerprint density at radius 1 is 1.06 bits per heavy atom. The van der Waals surface area contributed by atoms with E-state index in [1.54, 1.807) is 37.3 Å². The molecular formula is C23H26N4O6S. The average Bonchev–Trinajstić information content (AvgIpc) is 3.03. The lowest BCUT2D eigenvalue weighted by Crippen LogP contribution is -2.48. The lowest BCUT2D eigenvalue weighted by atomic mass is 9.92. The summed E-state index contributed by atoms with van der Waals surface area (Å²) >= 11 is 0. The van der Waals surface area contributed by atoms with Gasteiger partial charge in [0.2, 0.25) is 15.9 Å². The Morgan fingerprint density at radius 2 is 1.68 bits per heavy atom. The first-order valence-electron chi connectivity index (χ1n) is 10.6. The van der Waals surface area contributed by atoms with Gasteiger partial charge in [-0.2, -0.15) is 5.01 Å². The Labute approximate surface area is 197 Å². The Bertz CT molecular complexity index is 1210. The summed E-state index contributed by atoms with van der Waals surface area (Å²) in [5.74, 6) is -1.39. The number of hydrogen-bond acceptors (Lipinski definition) is 6. The van der Waals surface area contributed by atoms with Crippen molar-refractivity contribution in [3.8, 4) is 0 Å². The topological polar surface area (TPSA) is 133 Å². The van der Waals surface area contributed by atoms with Crippen LogP contribution in [0.4, 0.5) is 4.79 Å². The first-order valence-corrected chi connectivity index (χ1v) is 12.0. The first-order chi connectivity index (χ1) is 16.0. The lowest BCUT2D eigenvalue weighted by Gasteiger charge is -2.22. The molecule has 1 aliphatic heterocycles. The van der Waals surface area contributed by atoms with Crippen LogP contribution in [0.1, 0.15) is 42.6 Å². The van der Waals surface area contributed by atoms with Gasteiger partial charge in [0.05, 0.1) is 4.90 Å². The van der Waals surface area contributed by atoms with Crippen molar-refractivity contribution in [1.82, 2.24) is 20.1 Å². The summed E-state index contributed by atoms with van der Waals surface area (Å²) in [7, 11) is -2.42. The summed E-state index contributed by atoms with van der Waals surface area (Å²) in [4.78, 5) is 48.9. The molecule has 0 aliphatic carbocycles. The first kappa shape index (κ1) is 25.1. The Hall–Kier alpha value is -3.57. The summed E-state index contributed by atoms with van der Waals surface area (Å²) in [5.41, 5.74) is 1.97. The Balaban J connectivity index is 1.55. The van der Waals surface area contributed by atoms with Gasteiger partial charge in [-0.05, 0) is 38.0 Å². The van der Waals surface area contributed by atoms with Gasteiger partial charge in [0.15, 0.2) is 5.78 Å². The van der Waals surface area contributed by atoms with Gasteiger partial charge >= 0.3 is 6.03 Å². The Morgan fingerprint density at radius 3 is 2.26 bits per heavy atom. The highest BCUT2D eigenvalue weighted by Gasteiger charge is 2.49. The quantitative estimate of drug-likeness (QED) is 0.410. The highest BCUT2D eigenvalue weighted by atomic mass is 32.2. The molecule has 0 radical (unpaired) electrons. The van der Waals surface area contributed by atoms with Crippen LogP contribution < -0.4 is 10.7 Å². The molecule has 0 aromatic heterocycles. The van der Waals surface area contributed by atoms with E-state index in [0.717, 1.165) is 4.31 Å². The van der Waals surface area contributed by atoms with Crippen molar-refractivity contribution in [2.45, 2.75) is 37.1 Å². The highest BCUT2D eigenvalue weighted by molar-refractivity contribution is 7.89. The van der Waals surface area contributed by atoms with Gasteiger partial charge in [-0.3, -0.25) is 19.8 Å². The van der Waals surface area contributed by atoms with Crippen molar-refractivity contribution in [1.29, 1.82) is 0 Å². The predicted octanol–water partition coefficient (Wildman–Crippen LogP) is 1.79. The highest BCUT2D eigenvalue weighted by Crippen LogP contribution is 2.27. The number of imide groups is 1. The summed E-state index contributed by atoms with van der Waals surface area (Å²) in [5, 5.41) is 3.23. The number of carbonyl (C=O) groups excluding carboxylic acids is 4. The van der Waals surface area contributed by atoms with Gasteiger partial charge in [-0.25, -0.2) is 17.5 Å². The largest absolute Gasteiger partial charge is 0.344 e. The third-order valence-corrected chi connectivity index (χ3v) is 7.50. The zero-order chi connectivity index (χ0) is 25.1. The van der Waals surface area contributed by atoms with Crippen molar-refractivity contribution in [3.63, 3.8) is 0 Å². The zero-order valence-electron chi connectivity index (χ0n) is 19.1. The van der Waals surface area contributed by atoms with Crippen LogP contribution in [0.25, 0.3) is 0 Å². The minimum atomic E-state index is -3.80. The molecule has 1 aliphatic rings. The second-order valence-electron chi connectivity index (χ2n) is 8.11. The summed E-state index contributed by atoms with van der Waals surface area (Å²) < 4.78 is 26.5. The molecule has 34 heavy (non-hydrogen) atoms. The van der Waals surface area contributed by atoms with Gasteiger partial charge in [0.25, 0.3) is 5.91 Å². The third kappa shape index (κ3) is 5.00. The molecule has 10 nitrogen and oxygen atoms in total. The van der Waals surface area contributed by atoms with E-state index >= 15 is 0 Å². The van der Waals surface area contributed by atoms with Crippen LogP contribution in [0, 0.1) is 0 Å². The van der Waals surface area contributed by atoms with E-state index < -0.39 is 33.4 Å². The molecule has 11 heteroatoms. The second kappa shape index (κ2) is 9.74. The van der Waals surface area contributed by atoms with Crippen molar-refractivity contribution in [3.05, 3.63) is 65.7 Å². The molecule has 0 bridgehead atoms. The van der Waals surface area contributed by atoms with Gasteiger partial charge in [0, 0.05) is 25.6 Å². The van der Waals surface area contributed by atoms with Crippen LogP contribution in [-0.2, 0) is 25.2 Å². The van der Waals surface area contributed by atoms with Gasteiger partial charge in [-0.1, -0.05) is 42.5 Å². The normalized spacial score (nSPS) is 18.2. The Kier molecular flexibility index (Phi) is 7.18. The van der Waals surface area contributed by atoms with E-state index in [1.807, 2.05) is 0 Å². The van der Waals surface area contributed by atoms with Crippen molar-refractivity contribution in [2.75, 3.05) is 13.6 Å². The molecule has 2 aromatic carbocycles. The fourth-order valence-electron chi connectivity index (χ4n) is 3.51. The molecule has 1 atom stereocenters. The number of nitrogens with zero attached hydrogens (tertiary/aromatic N) is 2. The standard InChI is InChI=1S/C23H26N4O6S/c1-16(28)17-11-13-19(14-12-17)34(32,33)26(3)15-7-10-20(29)25-27-21(30)23(2,24-22(27)31)18-8-5-4-6-9-18/h4-6,8-9,11-14H,7,10,15H2,1-3H3,(H,24,31)(H,25,29). The monoisotopic (exact) mass is 486 g/mol. The summed E-state index contributed by atoms with van der Waals surface area (Å²) in [6.45, 7) is 2.98. The number of rotatable bonds is 9. The molecule has 1 unspecified atom stereocenters. The van der Waals surface area contributed by atoms with Crippen molar-refractivity contribution in [2.24, 2.45) is 0 Å². The van der Waals surface area contributed by atoms with Gasteiger partial charge in [0.1, 0.15) is 5.54 Å².